The van der Waals surface area contributed by atoms with E-state index in [0.29, 0.717) is 23.0 Å². The Morgan fingerprint density at radius 2 is 0.880 bits per heavy atom. The summed E-state index contributed by atoms with van der Waals surface area (Å²) in [7, 11) is 0. The summed E-state index contributed by atoms with van der Waals surface area (Å²) in [4.78, 5) is 21.3. The summed E-state index contributed by atoms with van der Waals surface area (Å²) in [5.41, 5.74) is 2.42. The summed E-state index contributed by atoms with van der Waals surface area (Å²) in [6.45, 7) is 2.30. The van der Waals surface area contributed by atoms with E-state index < -0.39 is 9.85 Å². The minimum atomic E-state index is -0.416. The summed E-state index contributed by atoms with van der Waals surface area (Å²) >= 11 is 0. The van der Waals surface area contributed by atoms with E-state index in [1.54, 1.807) is 24.3 Å². The average Bonchev–Trinajstić information content (AvgIpc) is 3.15. The molecule has 0 atom stereocenters. The standard InChI is InChI=1S/C42H48N2O6/c1-2-3-4-31-5-7-32(8-6-31)9-10-33-27-29-42(30-28-33,34-11-19-38(20-12-34)49-40-23-15-36(16-24-40)43(45)46)35-13-21-39(22-14-35)50-41-25-17-37(18-26-41)44(47)48/h11-26,31-33H,2-10,27-30H2,1H3/t31-,32-. The van der Waals surface area contributed by atoms with Gasteiger partial charge in [0.25, 0.3) is 11.4 Å². The van der Waals surface area contributed by atoms with Crippen molar-refractivity contribution in [1.82, 2.24) is 0 Å². The molecule has 4 aromatic carbocycles. The zero-order valence-electron chi connectivity index (χ0n) is 29.0. The van der Waals surface area contributed by atoms with Crippen LogP contribution < -0.4 is 9.47 Å². The Labute approximate surface area is 295 Å². The molecule has 2 fully saturated rings. The van der Waals surface area contributed by atoms with Crippen LogP contribution in [0.3, 0.4) is 0 Å². The number of nitro benzene ring substituents is 2. The summed E-state index contributed by atoms with van der Waals surface area (Å²) in [6.07, 6.45) is 17.0. The number of benzene rings is 4. The van der Waals surface area contributed by atoms with Gasteiger partial charge in [-0.15, -0.1) is 0 Å². The molecular formula is C42H48N2O6. The number of unbranched alkanes of at least 4 members (excludes halogenated alkanes) is 1. The van der Waals surface area contributed by atoms with Crippen LogP contribution in [0, 0.1) is 38.0 Å². The smallest absolute Gasteiger partial charge is 0.269 e. The predicted molar refractivity (Wildman–Crippen MR) is 196 cm³/mol. The second-order valence-electron chi connectivity index (χ2n) is 14.4. The van der Waals surface area contributed by atoms with Crippen LogP contribution in [0.1, 0.15) is 102 Å². The first-order valence-corrected chi connectivity index (χ1v) is 18.4. The van der Waals surface area contributed by atoms with Crippen molar-refractivity contribution in [2.45, 2.75) is 95.8 Å². The molecule has 0 saturated heterocycles. The fourth-order valence-corrected chi connectivity index (χ4v) is 8.20. The Morgan fingerprint density at radius 1 is 0.540 bits per heavy atom. The Balaban J connectivity index is 1.15. The highest BCUT2D eigenvalue weighted by atomic mass is 16.6. The number of nitrogens with zero attached hydrogens (tertiary/aromatic N) is 2. The number of non-ortho nitro benzene ring substituents is 2. The van der Waals surface area contributed by atoms with E-state index in [1.165, 1.54) is 106 Å². The molecule has 2 aliphatic rings. The van der Waals surface area contributed by atoms with Gasteiger partial charge in [-0.05, 0) is 103 Å². The third kappa shape index (κ3) is 8.70. The number of hydrogen-bond donors (Lipinski definition) is 0. The van der Waals surface area contributed by atoms with Crippen LogP contribution in [0.15, 0.2) is 97.1 Å². The highest BCUT2D eigenvalue weighted by Gasteiger charge is 2.38. The first-order valence-electron chi connectivity index (χ1n) is 18.4. The molecule has 0 spiro atoms. The van der Waals surface area contributed by atoms with Crippen molar-refractivity contribution in [1.29, 1.82) is 0 Å². The lowest BCUT2D eigenvalue weighted by Gasteiger charge is -2.42. The first-order chi connectivity index (χ1) is 24.3. The van der Waals surface area contributed by atoms with Gasteiger partial charge in [-0.25, -0.2) is 0 Å². The second kappa shape index (κ2) is 16.3. The Kier molecular flexibility index (Phi) is 11.5. The lowest BCUT2D eigenvalue weighted by atomic mass is 9.62. The van der Waals surface area contributed by atoms with Crippen molar-refractivity contribution in [3.8, 4) is 23.0 Å². The maximum absolute atomic E-state index is 11.0. The Hall–Kier alpha value is -4.72. The summed E-state index contributed by atoms with van der Waals surface area (Å²) in [6, 6.07) is 28.9. The molecule has 0 unspecified atom stereocenters. The molecule has 8 heteroatoms. The third-order valence-corrected chi connectivity index (χ3v) is 11.3. The van der Waals surface area contributed by atoms with Crippen LogP contribution in [-0.4, -0.2) is 9.85 Å². The predicted octanol–water partition coefficient (Wildman–Crippen LogP) is 12.3. The van der Waals surface area contributed by atoms with Gasteiger partial charge < -0.3 is 9.47 Å². The fraction of sp³-hybridized carbons (Fsp3) is 0.429. The largest absolute Gasteiger partial charge is 0.457 e. The van der Waals surface area contributed by atoms with Gasteiger partial charge in [0.1, 0.15) is 23.0 Å². The Morgan fingerprint density at radius 3 is 1.24 bits per heavy atom. The van der Waals surface area contributed by atoms with Crippen molar-refractivity contribution >= 4 is 11.4 Å². The minimum Gasteiger partial charge on any atom is -0.457 e. The molecule has 50 heavy (non-hydrogen) atoms. The highest BCUT2D eigenvalue weighted by Crippen LogP contribution is 2.49. The maximum Gasteiger partial charge on any atom is 0.269 e. The van der Waals surface area contributed by atoms with Gasteiger partial charge in [-0.1, -0.05) is 89.0 Å². The van der Waals surface area contributed by atoms with E-state index in [-0.39, 0.29) is 16.8 Å². The van der Waals surface area contributed by atoms with Crippen molar-refractivity contribution in [2.24, 2.45) is 17.8 Å². The van der Waals surface area contributed by atoms with Gasteiger partial charge >= 0.3 is 0 Å². The first kappa shape index (κ1) is 35.1. The van der Waals surface area contributed by atoms with E-state index >= 15 is 0 Å². The molecule has 4 aromatic rings. The van der Waals surface area contributed by atoms with Gasteiger partial charge in [0.2, 0.25) is 0 Å². The van der Waals surface area contributed by atoms with Gasteiger partial charge in [-0.2, -0.15) is 0 Å². The fourth-order valence-electron chi connectivity index (χ4n) is 8.20. The molecule has 0 radical (unpaired) electrons. The molecule has 0 bridgehead atoms. The molecule has 2 aliphatic carbocycles. The number of nitro groups is 2. The van der Waals surface area contributed by atoms with Gasteiger partial charge in [0.15, 0.2) is 0 Å². The zero-order chi connectivity index (χ0) is 34.9. The van der Waals surface area contributed by atoms with Crippen molar-refractivity contribution in [3.63, 3.8) is 0 Å². The molecule has 6 rings (SSSR count). The third-order valence-electron chi connectivity index (χ3n) is 11.3. The maximum atomic E-state index is 11.0. The normalized spacial score (nSPS) is 19.1. The molecule has 0 amide bonds. The number of rotatable bonds is 14. The molecule has 0 heterocycles. The van der Waals surface area contributed by atoms with E-state index in [4.69, 9.17) is 9.47 Å². The summed E-state index contributed by atoms with van der Waals surface area (Å²) in [5.74, 6) is 5.07. The number of ether oxygens (including phenoxy) is 2. The van der Waals surface area contributed by atoms with E-state index in [2.05, 4.69) is 31.2 Å². The summed E-state index contributed by atoms with van der Waals surface area (Å²) < 4.78 is 12.1. The van der Waals surface area contributed by atoms with E-state index in [0.717, 1.165) is 30.6 Å². The quantitative estimate of drug-likeness (QED) is 0.0972. The van der Waals surface area contributed by atoms with Crippen LogP contribution in [0.4, 0.5) is 11.4 Å². The minimum absolute atomic E-state index is 0.0317. The van der Waals surface area contributed by atoms with Gasteiger partial charge in [0.05, 0.1) is 9.85 Å². The van der Waals surface area contributed by atoms with Crippen molar-refractivity contribution < 1.29 is 19.3 Å². The summed E-state index contributed by atoms with van der Waals surface area (Å²) in [5, 5.41) is 22.1. The van der Waals surface area contributed by atoms with Crippen molar-refractivity contribution in [3.05, 3.63) is 128 Å². The lowest BCUT2D eigenvalue weighted by Crippen LogP contribution is -2.33. The van der Waals surface area contributed by atoms with Crippen LogP contribution in [0.25, 0.3) is 0 Å². The monoisotopic (exact) mass is 676 g/mol. The molecule has 8 nitrogen and oxygen atoms in total. The molecule has 0 aromatic heterocycles. The van der Waals surface area contributed by atoms with Crippen LogP contribution >= 0.6 is 0 Å². The average molecular weight is 677 g/mol. The van der Waals surface area contributed by atoms with Crippen LogP contribution in [-0.2, 0) is 5.41 Å². The van der Waals surface area contributed by atoms with E-state index in [1.807, 2.05) is 24.3 Å². The lowest BCUT2D eigenvalue weighted by molar-refractivity contribution is -0.385. The van der Waals surface area contributed by atoms with Crippen LogP contribution in [0.5, 0.6) is 23.0 Å². The molecular weight excluding hydrogens is 628 g/mol. The van der Waals surface area contributed by atoms with Crippen LogP contribution in [0.2, 0.25) is 0 Å². The molecule has 0 aliphatic heterocycles. The van der Waals surface area contributed by atoms with Gasteiger partial charge in [0, 0.05) is 29.7 Å². The van der Waals surface area contributed by atoms with Gasteiger partial charge in [-0.3, -0.25) is 20.2 Å². The SMILES string of the molecule is CCCC[C@H]1CC[C@H](CCC2CCC(c3ccc(Oc4ccc([N+](=O)[O-])cc4)cc3)(c3ccc(Oc4ccc([N+](=O)[O-])cc4)cc3)CC2)CC1. The number of hydrogen-bond acceptors (Lipinski definition) is 6. The topological polar surface area (TPSA) is 105 Å². The highest BCUT2D eigenvalue weighted by molar-refractivity contribution is 5.46. The molecule has 2 saturated carbocycles. The second-order valence-corrected chi connectivity index (χ2v) is 14.4. The molecule has 0 N–H and O–H groups in total. The Bertz CT molecular complexity index is 1580. The zero-order valence-corrected chi connectivity index (χ0v) is 29.0. The molecule has 262 valence electrons. The van der Waals surface area contributed by atoms with Crippen molar-refractivity contribution in [2.75, 3.05) is 0 Å². The van der Waals surface area contributed by atoms with E-state index in [9.17, 15) is 20.2 Å².